The summed E-state index contributed by atoms with van der Waals surface area (Å²) >= 11 is 0. The van der Waals surface area contributed by atoms with Crippen molar-refractivity contribution in [3.05, 3.63) is 0 Å². The molecule has 2 rings (SSSR count). The molecule has 2 aliphatic rings. The molecular formula is C13H23NO3. The third-order valence-corrected chi connectivity index (χ3v) is 4.03. The molecule has 98 valence electrons. The summed E-state index contributed by atoms with van der Waals surface area (Å²) in [5.41, 5.74) is 0. The van der Waals surface area contributed by atoms with Crippen molar-refractivity contribution in [3.8, 4) is 0 Å². The van der Waals surface area contributed by atoms with E-state index in [1.165, 1.54) is 6.42 Å². The Morgan fingerprint density at radius 1 is 1.35 bits per heavy atom. The zero-order valence-electron chi connectivity index (χ0n) is 10.4. The Morgan fingerprint density at radius 3 is 2.94 bits per heavy atom. The molecule has 0 aromatic carbocycles. The molecule has 4 nitrogen and oxygen atoms in total. The summed E-state index contributed by atoms with van der Waals surface area (Å²) in [6.45, 7) is 2.82. The van der Waals surface area contributed by atoms with Gasteiger partial charge in [-0.25, -0.2) is 0 Å². The van der Waals surface area contributed by atoms with Gasteiger partial charge >= 0.3 is 5.97 Å². The van der Waals surface area contributed by atoms with Crippen LogP contribution < -0.4 is 5.32 Å². The number of carboxylic acid groups (broad SMARTS) is 1. The lowest BCUT2D eigenvalue weighted by atomic mass is 9.85. The fourth-order valence-electron chi connectivity index (χ4n) is 2.90. The van der Waals surface area contributed by atoms with E-state index in [-0.39, 0.29) is 5.92 Å². The Morgan fingerprint density at radius 2 is 2.24 bits per heavy atom. The van der Waals surface area contributed by atoms with Gasteiger partial charge in [0.25, 0.3) is 0 Å². The van der Waals surface area contributed by atoms with Crippen LogP contribution in [0.15, 0.2) is 0 Å². The number of hydrogen-bond acceptors (Lipinski definition) is 3. The number of rotatable bonds is 5. The first-order valence-electron chi connectivity index (χ1n) is 6.79. The Bertz CT molecular complexity index is 251. The van der Waals surface area contributed by atoms with Crippen LogP contribution in [-0.2, 0) is 9.53 Å². The Kier molecular flexibility index (Phi) is 4.80. The van der Waals surface area contributed by atoms with Crippen molar-refractivity contribution in [3.63, 3.8) is 0 Å². The Balaban J connectivity index is 1.62. The van der Waals surface area contributed by atoms with E-state index in [1.807, 2.05) is 0 Å². The van der Waals surface area contributed by atoms with E-state index >= 15 is 0 Å². The molecule has 0 bridgehead atoms. The van der Waals surface area contributed by atoms with Gasteiger partial charge < -0.3 is 15.2 Å². The zero-order valence-corrected chi connectivity index (χ0v) is 10.4. The smallest absolute Gasteiger partial charge is 0.306 e. The number of carboxylic acids is 1. The molecule has 0 aromatic heterocycles. The highest BCUT2D eigenvalue weighted by Crippen LogP contribution is 2.24. The van der Waals surface area contributed by atoms with Crippen LogP contribution in [0.4, 0.5) is 0 Å². The van der Waals surface area contributed by atoms with Crippen molar-refractivity contribution < 1.29 is 14.6 Å². The first-order chi connectivity index (χ1) is 8.25. The summed E-state index contributed by atoms with van der Waals surface area (Å²) in [4.78, 5) is 10.9. The molecule has 1 saturated heterocycles. The van der Waals surface area contributed by atoms with Crippen molar-refractivity contribution in [2.45, 2.75) is 44.6 Å². The van der Waals surface area contributed by atoms with Crippen molar-refractivity contribution in [2.75, 3.05) is 19.8 Å². The predicted octanol–water partition coefficient (Wildman–Crippen LogP) is 1.65. The Hall–Kier alpha value is -0.610. The fourth-order valence-corrected chi connectivity index (χ4v) is 2.90. The van der Waals surface area contributed by atoms with Gasteiger partial charge in [0.2, 0.25) is 0 Å². The first-order valence-corrected chi connectivity index (χ1v) is 6.79. The van der Waals surface area contributed by atoms with E-state index in [9.17, 15) is 4.79 Å². The number of hydrogen-bond donors (Lipinski definition) is 2. The number of ether oxygens (including phenoxy) is 1. The molecule has 3 unspecified atom stereocenters. The summed E-state index contributed by atoms with van der Waals surface area (Å²) in [7, 11) is 0. The summed E-state index contributed by atoms with van der Waals surface area (Å²) in [6.07, 6.45) is 6.17. The van der Waals surface area contributed by atoms with Gasteiger partial charge in [-0.2, -0.15) is 0 Å². The summed E-state index contributed by atoms with van der Waals surface area (Å²) < 4.78 is 5.34. The maximum Gasteiger partial charge on any atom is 0.306 e. The molecule has 0 spiro atoms. The second-order valence-corrected chi connectivity index (χ2v) is 5.37. The normalized spacial score (nSPS) is 33.8. The van der Waals surface area contributed by atoms with Crippen LogP contribution >= 0.6 is 0 Å². The van der Waals surface area contributed by atoms with E-state index in [0.717, 1.165) is 51.9 Å². The van der Waals surface area contributed by atoms with Crippen LogP contribution in [0.1, 0.15) is 38.5 Å². The number of carbonyl (C=O) groups is 1. The van der Waals surface area contributed by atoms with Gasteiger partial charge in [-0.1, -0.05) is 6.42 Å². The lowest BCUT2D eigenvalue weighted by molar-refractivity contribution is -0.143. The molecule has 0 aromatic rings. The third-order valence-electron chi connectivity index (χ3n) is 4.03. The van der Waals surface area contributed by atoms with E-state index in [1.54, 1.807) is 0 Å². The second kappa shape index (κ2) is 6.36. The minimum absolute atomic E-state index is 0.129. The molecule has 1 heterocycles. The van der Waals surface area contributed by atoms with Gasteiger partial charge in [-0.05, 0) is 44.6 Å². The van der Waals surface area contributed by atoms with Crippen molar-refractivity contribution in [2.24, 2.45) is 11.8 Å². The van der Waals surface area contributed by atoms with Gasteiger partial charge in [-0.3, -0.25) is 4.79 Å². The number of aliphatic carboxylic acids is 1. The Labute approximate surface area is 103 Å². The molecule has 0 radical (unpaired) electrons. The van der Waals surface area contributed by atoms with Crippen LogP contribution in [0.5, 0.6) is 0 Å². The lowest BCUT2D eigenvalue weighted by Crippen LogP contribution is -2.37. The average Bonchev–Trinajstić information content (AvgIpc) is 2.82. The molecule has 1 saturated carbocycles. The molecule has 2 fully saturated rings. The second-order valence-electron chi connectivity index (χ2n) is 5.37. The summed E-state index contributed by atoms with van der Waals surface area (Å²) in [6, 6.07) is 0.409. The van der Waals surface area contributed by atoms with Gasteiger partial charge in [0.15, 0.2) is 0 Å². The molecule has 1 aliphatic carbocycles. The minimum Gasteiger partial charge on any atom is -0.481 e. The highest BCUT2D eigenvalue weighted by atomic mass is 16.5. The maximum atomic E-state index is 10.9. The van der Waals surface area contributed by atoms with Gasteiger partial charge in [0, 0.05) is 19.3 Å². The van der Waals surface area contributed by atoms with Crippen LogP contribution in [0, 0.1) is 11.8 Å². The molecule has 2 N–H and O–H groups in total. The van der Waals surface area contributed by atoms with E-state index in [0.29, 0.717) is 12.0 Å². The highest BCUT2D eigenvalue weighted by molar-refractivity contribution is 5.70. The SMILES string of the molecule is O=C(O)C1CCCC(NCCC2CCOC2)C1. The third kappa shape index (κ3) is 3.96. The monoisotopic (exact) mass is 241 g/mol. The molecule has 17 heavy (non-hydrogen) atoms. The topological polar surface area (TPSA) is 58.6 Å². The fraction of sp³-hybridized carbons (Fsp3) is 0.923. The van der Waals surface area contributed by atoms with Gasteiger partial charge in [0.1, 0.15) is 0 Å². The standard InChI is InChI=1S/C13H23NO3/c15-13(16)11-2-1-3-12(8-11)14-6-4-10-5-7-17-9-10/h10-12,14H,1-9H2,(H,15,16). The van der Waals surface area contributed by atoms with E-state index in [2.05, 4.69) is 5.32 Å². The minimum atomic E-state index is -0.624. The first kappa shape index (κ1) is 12.8. The predicted molar refractivity (Wildman–Crippen MR) is 64.9 cm³/mol. The molecular weight excluding hydrogens is 218 g/mol. The van der Waals surface area contributed by atoms with E-state index < -0.39 is 5.97 Å². The zero-order chi connectivity index (χ0) is 12.1. The molecule has 3 atom stereocenters. The molecule has 4 heteroatoms. The summed E-state index contributed by atoms with van der Waals surface area (Å²) in [5.74, 6) is -0.0434. The van der Waals surface area contributed by atoms with Crippen molar-refractivity contribution in [1.82, 2.24) is 5.32 Å². The molecule has 1 aliphatic heterocycles. The van der Waals surface area contributed by atoms with Crippen LogP contribution in [0.3, 0.4) is 0 Å². The van der Waals surface area contributed by atoms with Crippen molar-refractivity contribution in [1.29, 1.82) is 0 Å². The van der Waals surface area contributed by atoms with Crippen LogP contribution in [0.25, 0.3) is 0 Å². The molecule has 0 amide bonds. The maximum absolute atomic E-state index is 10.9. The highest BCUT2D eigenvalue weighted by Gasteiger charge is 2.26. The number of nitrogens with one attached hydrogen (secondary N) is 1. The summed E-state index contributed by atoms with van der Waals surface area (Å²) in [5, 5.41) is 12.5. The largest absolute Gasteiger partial charge is 0.481 e. The van der Waals surface area contributed by atoms with Gasteiger partial charge in [0.05, 0.1) is 5.92 Å². The van der Waals surface area contributed by atoms with Gasteiger partial charge in [-0.15, -0.1) is 0 Å². The quantitative estimate of drug-likeness (QED) is 0.768. The lowest BCUT2D eigenvalue weighted by Gasteiger charge is -2.27. The van der Waals surface area contributed by atoms with E-state index in [4.69, 9.17) is 9.84 Å². The van der Waals surface area contributed by atoms with Crippen molar-refractivity contribution >= 4 is 5.97 Å². The average molecular weight is 241 g/mol. The van der Waals surface area contributed by atoms with Crippen LogP contribution in [0.2, 0.25) is 0 Å². The van der Waals surface area contributed by atoms with Crippen LogP contribution in [-0.4, -0.2) is 36.9 Å².